The van der Waals surface area contributed by atoms with Gasteiger partial charge in [-0.25, -0.2) is 0 Å². The van der Waals surface area contributed by atoms with Gasteiger partial charge in [-0.3, -0.25) is 14.5 Å². The molecule has 2 aromatic rings. The summed E-state index contributed by atoms with van der Waals surface area (Å²) in [4.78, 5) is 26.8. The number of hydrogen-bond acceptors (Lipinski definition) is 3. The summed E-state index contributed by atoms with van der Waals surface area (Å²) in [5, 5.41) is 6.67. The molecular formula is C21H23Cl2N3O2. The van der Waals surface area contributed by atoms with E-state index in [1.54, 1.807) is 18.2 Å². The van der Waals surface area contributed by atoms with E-state index in [0.29, 0.717) is 28.8 Å². The van der Waals surface area contributed by atoms with E-state index in [4.69, 9.17) is 23.2 Å². The van der Waals surface area contributed by atoms with Crippen LogP contribution in [-0.2, 0) is 9.59 Å². The van der Waals surface area contributed by atoms with E-state index in [2.05, 4.69) is 15.5 Å². The van der Waals surface area contributed by atoms with Crippen LogP contribution in [0.15, 0.2) is 42.5 Å². The van der Waals surface area contributed by atoms with Crippen LogP contribution in [0.4, 0.5) is 11.4 Å². The first-order valence-corrected chi connectivity index (χ1v) is 10.0. The minimum absolute atomic E-state index is 0.0325. The van der Waals surface area contributed by atoms with Gasteiger partial charge in [-0.1, -0.05) is 35.3 Å². The highest BCUT2D eigenvalue weighted by Gasteiger charge is 2.26. The van der Waals surface area contributed by atoms with Crippen molar-refractivity contribution in [3.05, 3.63) is 58.1 Å². The third-order valence-electron chi connectivity index (χ3n) is 4.81. The SMILES string of the molecule is Cc1cccc(NC(=O)C2CCN(CC(=O)Nc3ccc(Cl)c(Cl)c3)CC2)c1. The molecule has 28 heavy (non-hydrogen) atoms. The molecule has 0 aliphatic carbocycles. The molecule has 2 amide bonds. The molecular weight excluding hydrogens is 397 g/mol. The van der Waals surface area contributed by atoms with Crippen molar-refractivity contribution < 1.29 is 9.59 Å². The number of anilines is 2. The number of hydrogen-bond donors (Lipinski definition) is 2. The Morgan fingerprint density at radius 3 is 2.39 bits per heavy atom. The lowest BCUT2D eigenvalue weighted by atomic mass is 9.95. The number of nitrogens with one attached hydrogen (secondary N) is 2. The summed E-state index contributed by atoms with van der Waals surface area (Å²) in [7, 11) is 0. The Kier molecular flexibility index (Phi) is 6.94. The minimum atomic E-state index is -0.110. The Morgan fingerprint density at radius 1 is 1.00 bits per heavy atom. The van der Waals surface area contributed by atoms with Gasteiger partial charge >= 0.3 is 0 Å². The predicted octanol–water partition coefficient (Wildman–Crippen LogP) is 4.59. The van der Waals surface area contributed by atoms with Gasteiger partial charge in [0.1, 0.15) is 0 Å². The molecule has 2 aromatic carbocycles. The molecule has 0 bridgehead atoms. The lowest BCUT2D eigenvalue weighted by Gasteiger charge is -2.30. The number of amides is 2. The smallest absolute Gasteiger partial charge is 0.238 e. The maximum Gasteiger partial charge on any atom is 0.238 e. The van der Waals surface area contributed by atoms with Crippen molar-refractivity contribution in [2.75, 3.05) is 30.3 Å². The van der Waals surface area contributed by atoms with Crippen LogP contribution in [0.2, 0.25) is 10.0 Å². The third-order valence-corrected chi connectivity index (χ3v) is 5.55. The molecule has 5 nitrogen and oxygen atoms in total. The average Bonchev–Trinajstić information content (AvgIpc) is 2.65. The van der Waals surface area contributed by atoms with Gasteiger partial charge in [0, 0.05) is 17.3 Å². The molecule has 1 saturated heterocycles. The number of benzene rings is 2. The zero-order valence-corrected chi connectivity index (χ0v) is 17.2. The molecule has 0 atom stereocenters. The topological polar surface area (TPSA) is 61.4 Å². The van der Waals surface area contributed by atoms with E-state index in [-0.39, 0.29) is 24.3 Å². The van der Waals surface area contributed by atoms with Crippen LogP contribution in [0, 0.1) is 12.8 Å². The van der Waals surface area contributed by atoms with E-state index >= 15 is 0 Å². The predicted molar refractivity (Wildman–Crippen MR) is 114 cm³/mol. The summed E-state index contributed by atoms with van der Waals surface area (Å²) in [5.74, 6) is -0.0959. The number of halogens is 2. The van der Waals surface area contributed by atoms with Gasteiger partial charge in [-0.2, -0.15) is 0 Å². The zero-order chi connectivity index (χ0) is 20.1. The van der Waals surface area contributed by atoms with Gasteiger partial charge in [0.15, 0.2) is 0 Å². The van der Waals surface area contributed by atoms with Gasteiger partial charge in [0.05, 0.1) is 16.6 Å². The van der Waals surface area contributed by atoms with Crippen molar-refractivity contribution in [2.24, 2.45) is 5.92 Å². The zero-order valence-electron chi connectivity index (χ0n) is 15.7. The number of carbonyl (C=O) groups is 2. The van der Waals surface area contributed by atoms with E-state index in [1.807, 2.05) is 31.2 Å². The summed E-state index contributed by atoms with van der Waals surface area (Å²) in [5.41, 5.74) is 2.56. The van der Waals surface area contributed by atoms with E-state index in [9.17, 15) is 9.59 Å². The van der Waals surface area contributed by atoms with E-state index in [1.165, 1.54) is 0 Å². The van der Waals surface area contributed by atoms with Crippen molar-refractivity contribution in [2.45, 2.75) is 19.8 Å². The lowest BCUT2D eigenvalue weighted by Crippen LogP contribution is -2.41. The summed E-state index contributed by atoms with van der Waals surface area (Å²) in [6.45, 7) is 3.70. The second kappa shape index (κ2) is 9.41. The fourth-order valence-corrected chi connectivity index (χ4v) is 3.60. The highest BCUT2D eigenvalue weighted by molar-refractivity contribution is 6.42. The second-order valence-electron chi connectivity index (χ2n) is 7.09. The third kappa shape index (κ3) is 5.71. The molecule has 7 heteroatoms. The molecule has 0 aromatic heterocycles. The molecule has 0 radical (unpaired) electrons. The molecule has 3 rings (SSSR count). The molecule has 1 heterocycles. The fraction of sp³-hybridized carbons (Fsp3) is 0.333. The molecule has 148 valence electrons. The average molecular weight is 420 g/mol. The van der Waals surface area contributed by atoms with Crippen LogP contribution in [0.25, 0.3) is 0 Å². The second-order valence-corrected chi connectivity index (χ2v) is 7.90. The first-order chi connectivity index (χ1) is 13.4. The van der Waals surface area contributed by atoms with Gasteiger partial charge in [-0.05, 0) is 68.8 Å². The number of piperidine rings is 1. The van der Waals surface area contributed by atoms with Crippen LogP contribution in [0.1, 0.15) is 18.4 Å². The lowest BCUT2D eigenvalue weighted by molar-refractivity contribution is -0.121. The summed E-state index contributed by atoms with van der Waals surface area (Å²) in [6, 6.07) is 12.8. The summed E-state index contributed by atoms with van der Waals surface area (Å²) in [6.07, 6.45) is 1.47. The highest BCUT2D eigenvalue weighted by atomic mass is 35.5. The molecule has 1 fully saturated rings. The van der Waals surface area contributed by atoms with Crippen LogP contribution in [-0.4, -0.2) is 36.3 Å². The van der Waals surface area contributed by atoms with Crippen molar-refractivity contribution in [3.63, 3.8) is 0 Å². The number of carbonyl (C=O) groups excluding carboxylic acids is 2. The maximum absolute atomic E-state index is 12.5. The number of nitrogens with zero attached hydrogens (tertiary/aromatic N) is 1. The van der Waals surface area contributed by atoms with Crippen LogP contribution < -0.4 is 10.6 Å². The Bertz CT molecular complexity index is 864. The standard InChI is InChI=1S/C21H23Cl2N3O2/c1-14-3-2-4-16(11-14)25-21(28)15-7-9-26(10-8-15)13-20(27)24-17-5-6-18(22)19(23)12-17/h2-6,11-12,15H,7-10,13H2,1H3,(H,24,27)(H,25,28). The molecule has 0 spiro atoms. The Hall–Kier alpha value is -2.08. The number of likely N-dealkylation sites (tertiary alicyclic amines) is 1. The highest BCUT2D eigenvalue weighted by Crippen LogP contribution is 2.25. The van der Waals surface area contributed by atoms with Crippen LogP contribution in [0.3, 0.4) is 0 Å². The molecule has 2 N–H and O–H groups in total. The first-order valence-electron chi connectivity index (χ1n) is 9.25. The van der Waals surface area contributed by atoms with Gasteiger partial charge in [0.25, 0.3) is 0 Å². The Labute approximate surface area is 175 Å². The monoisotopic (exact) mass is 419 g/mol. The Morgan fingerprint density at radius 2 is 1.71 bits per heavy atom. The van der Waals surface area contributed by atoms with E-state index in [0.717, 1.165) is 24.1 Å². The largest absolute Gasteiger partial charge is 0.326 e. The van der Waals surface area contributed by atoms with Gasteiger partial charge in [0.2, 0.25) is 11.8 Å². The first kappa shape index (κ1) is 20.6. The number of rotatable bonds is 5. The quantitative estimate of drug-likeness (QED) is 0.744. The summed E-state index contributed by atoms with van der Waals surface area (Å²) >= 11 is 11.9. The van der Waals surface area contributed by atoms with Crippen molar-refractivity contribution >= 4 is 46.4 Å². The Balaban J connectivity index is 1.45. The fourth-order valence-electron chi connectivity index (χ4n) is 3.30. The van der Waals surface area contributed by atoms with Gasteiger partial charge in [-0.15, -0.1) is 0 Å². The van der Waals surface area contributed by atoms with Gasteiger partial charge < -0.3 is 10.6 Å². The minimum Gasteiger partial charge on any atom is -0.326 e. The van der Waals surface area contributed by atoms with E-state index < -0.39 is 0 Å². The number of aryl methyl sites for hydroxylation is 1. The molecule has 1 aliphatic rings. The van der Waals surface area contributed by atoms with Crippen LogP contribution in [0.5, 0.6) is 0 Å². The maximum atomic E-state index is 12.5. The van der Waals surface area contributed by atoms with Crippen molar-refractivity contribution in [3.8, 4) is 0 Å². The normalized spacial score (nSPS) is 15.2. The van der Waals surface area contributed by atoms with Crippen molar-refractivity contribution in [1.82, 2.24) is 4.90 Å². The molecule has 1 aliphatic heterocycles. The molecule has 0 unspecified atom stereocenters. The van der Waals surface area contributed by atoms with Crippen molar-refractivity contribution in [1.29, 1.82) is 0 Å². The van der Waals surface area contributed by atoms with Crippen LogP contribution >= 0.6 is 23.2 Å². The molecule has 0 saturated carbocycles. The summed E-state index contributed by atoms with van der Waals surface area (Å²) < 4.78 is 0.